The van der Waals surface area contributed by atoms with Gasteiger partial charge >= 0.3 is 0 Å². The molecule has 1 aromatic carbocycles. The smallest absolute Gasteiger partial charge is 0.142 e. The highest BCUT2D eigenvalue weighted by Gasteiger charge is 2.32. The van der Waals surface area contributed by atoms with E-state index in [0.717, 1.165) is 24.3 Å². The van der Waals surface area contributed by atoms with Crippen molar-refractivity contribution in [3.63, 3.8) is 0 Å². The summed E-state index contributed by atoms with van der Waals surface area (Å²) in [6, 6.07) is 7.90. The molecule has 1 unspecified atom stereocenters. The van der Waals surface area contributed by atoms with Gasteiger partial charge in [-0.2, -0.15) is 0 Å². The van der Waals surface area contributed by atoms with Crippen LogP contribution in [0.15, 0.2) is 30.5 Å². The SMILES string of the molecule is COc1ccc(Cl)cc1-n1ccc2c1CC(C)(C)CC2N. The van der Waals surface area contributed by atoms with Gasteiger partial charge in [-0.1, -0.05) is 25.4 Å². The number of halogens is 1. The molecule has 1 aliphatic carbocycles. The number of aromatic nitrogens is 1. The van der Waals surface area contributed by atoms with Gasteiger partial charge in [0.15, 0.2) is 0 Å². The third-order valence-electron chi connectivity index (χ3n) is 4.25. The predicted molar refractivity (Wildman–Crippen MR) is 86.4 cm³/mol. The topological polar surface area (TPSA) is 40.2 Å². The molecule has 0 bridgehead atoms. The van der Waals surface area contributed by atoms with Crippen molar-refractivity contribution in [1.82, 2.24) is 4.57 Å². The zero-order valence-electron chi connectivity index (χ0n) is 12.7. The monoisotopic (exact) mass is 304 g/mol. The fourth-order valence-corrected chi connectivity index (χ4v) is 3.48. The zero-order valence-corrected chi connectivity index (χ0v) is 13.4. The number of hydrogen-bond acceptors (Lipinski definition) is 2. The van der Waals surface area contributed by atoms with E-state index < -0.39 is 0 Å². The maximum Gasteiger partial charge on any atom is 0.142 e. The van der Waals surface area contributed by atoms with Gasteiger partial charge in [0, 0.05) is 23.0 Å². The highest BCUT2D eigenvalue weighted by Crippen LogP contribution is 2.41. The number of benzene rings is 1. The first-order valence-corrected chi connectivity index (χ1v) is 7.59. The van der Waals surface area contributed by atoms with E-state index in [-0.39, 0.29) is 11.5 Å². The number of methoxy groups -OCH3 is 1. The summed E-state index contributed by atoms with van der Waals surface area (Å²) in [6.07, 6.45) is 4.08. The largest absolute Gasteiger partial charge is 0.495 e. The van der Waals surface area contributed by atoms with Crippen LogP contribution in [0.4, 0.5) is 0 Å². The highest BCUT2D eigenvalue weighted by atomic mass is 35.5. The Bertz CT molecular complexity index is 675. The molecule has 4 heteroatoms. The molecule has 0 amide bonds. The van der Waals surface area contributed by atoms with Crippen LogP contribution < -0.4 is 10.5 Å². The number of ether oxygens (including phenoxy) is 1. The van der Waals surface area contributed by atoms with Crippen LogP contribution >= 0.6 is 11.6 Å². The lowest BCUT2D eigenvalue weighted by Gasteiger charge is -2.34. The molecular weight excluding hydrogens is 284 g/mol. The van der Waals surface area contributed by atoms with E-state index in [1.165, 1.54) is 11.3 Å². The van der Waals surface area contributed by atoms with Gasteiger partial charge in [-0.15, -0.1) is 0 Å². The minimum Gasteiger partial charge on any atom is -0.495 e. The van der Waals surface area contributed by atoms with E-state index >= 15 is 0 Å². The minimum absolute atomic E-state index is 0.0928. The van der Waals surface area contributed by atoms with Crippen LogP contribution in [0.25, 0.3) is 5.69 Å². The second-order valence-electron chi connectivity index (χ2n) is 6.56. The van der Waals surface area contributed by atoms with Gasteiger partial charge in [0.2, 0.25) is 0 Å². The number of hydrogen-bond donors (Lipinski definition) is 1. The minimum atomic E-state index is 0.0928. The van der Waals surface area contributed by atoms with Gasteiger partial charge in [-0.3, -0.25) is 0 Å². The number of rotatable bonds is 2. The lowest BCUT2D eigenvalue weighted by molar-refractivity contribution is 0.278. The van der Waals surface area contributed by atoms with E-state index in [9.17, 15) is 0 Å². The van der Waals surface area contributed by atoms with Crippen LogP contribution in [0, 0.1) is 5.41 Å². The highest BCUT2D eigenvalue weighted by molar-refractivity contribution is 6.30. The van der Waals surface area contributed by atoms with Crippen molar-refractivity contribution in [3.05, 3.63) is 46.7 Å². The zero-order chi connectivity index (χ0) is 15.2. The average molecular weight is 305 g/mol. The van der Waals surface area contributed by atoms with Crippen LogP contribution in [0.5, 0.6) is 5.75 Å². The Balaban J connectivity index is 2.16. The molecule has 2 N–H and O–H groups in total. The van der Waals surface area contributed by atoms with Crippen LogP contribution in [0.1, 0.15) is 37.6 Å². The molecule has 1 aromatic heterocycles. The molecule has 0 saturated carbocycles. The van der Waals surface area contributed by atoms with Crippen LogP contribution in [-0.2, 0) is 6.42 Å². The first kappa shape index (κ1) is 14.5. The summed E-state index contributed by atoms with van der Waals surface area (Å²) in [5.74, 6) is 0.815. The van der Waals surface area contributed by atoms with E-state index in [2.05, 4.69) is 30.7 Å². The van der Waals surface area contributed by atoms with Crippen molar-refractivity contribution in [2.45, 2.75) is 32.7 Å². The van der Waals surface area contributed by atoms with Crippen molar-refractivity contribution in [2.24, 2.45) is 11.1 Å². The molecule has 0 spiro atoms. The quantitative estimate of drug-likeness (QED) is 0.907. The molecule has 3 nitrogen and oxygen atoms in total. The van der Waals surface area contributed by atoms with Crippen molar-refractivity contribution in [3.8, 4) is 11.4 Å². The molecule has 1 atom stereocenters. The normalized spacial score (nSPS) is 20.1. The summed E-state index contributed by atoms with van der Waals surface area (Å²) in [4.78, 5) is 0. The van der Waals surface area contributed by atoms with Gasteiger partial charge in [-0.05, 0) is 48.1 Å². The van der Waals surface area contributed by atoms with Crippen LogP contribution in [0.3, 0.4) is 0 Å². The Morgan fingerprint density at radius 1 is 1.33 bits per heavy atom. The van der Waals surface area contributed by atoms with Gasteiger partial charge in [-0.25, -0.2) is 0 Å². The summed E-state index contributed by atoms with van der Waals surface area (Å²) in [5, 5.41) is 0.701. The molecule has 0 radical (unpaired) electrons. The van der Waals surface area contributed by atoms with E-state index in [1.807, 2.05) is 18.2 Å². The van der Waals surface area contributed by atoms with Crippen LogP contribution in [0.2, 0.25) is 5.02 Å². The molecule has 0 saturated heterocycles. The molecule has 1 aliphatic rings. The van der Waals surface area contributed by atoms with Gasteiger partial charge in [0.05, 0.1) is 12.8 Å². The summed E-state index contributed by atoms with van der Waals surface area (Å²) >= 11 is 6.17. The molecule has 112 valence electrons. The Labute approximate surface area is 130 Å². The Hall–Kier alpha value is -1.45. The van der Waals surface area contributed by atoms with Crippen molar-refractivity contribution < 1.29 is 4.74 Å². The fourth-order valence-electron chi connectivity index (χ4n) is 3.31. The summed E-state index contributed by atoms with van der Waals surface area (Å²) < 4.78 is 7.65. The molecule has 0 fully saturated rings. The van der Waals surface area contributed by atoms with Gasteiger partial charge in [0.1, 0.15) is 5.75 Å². The van der Waals surface area contributed by atoms with E-state index in [4.69, 9.17) is 22.1 Å². The van der Waals surface area contributed by atoms with Gasteiger partial charge in [0.25, 0.3) is 0 Å². The summed E-state index contributed by atoms with van der Waals surface area (Å²) in [5.41, 5.74) is 10.0. The molecule has 2 aromatic rings. The second kappa shape index (κ2) is 5.08. The molecule has 21 heavy (non-hydrogen) atoms. The predicted octanol–water partition coefficient (Wildman–Crippen LogP) is 4.11. The Kier molecular flexibility index (Phi) is 3.50. The first-order valence-electron chi connectivity index (χ1n) is 7.21. The summed E-state index contributed by atoms with van der Waals surface area (Å²) in [6.45, 7) is 4.53. The third kappa shape index (κ3) is 2.56. The standard InChI is InChI=1S/C17H21ClN2O/c1-17(2)9-13(19)12-6-7-20(15(12)10-17)14-8-11(18)4-5-16(14)21-3/h4-8,13H,9-10,19H2,1-3H3. The first-order chi connectivity index (χ1) is 9.91. The molecular formula is C17H21ClN2O. The second-order valence-corrected chi connectivity index (χ2v) is 6.99. The summed E-state index contributed by atoms with van der Waals surface area (Å²) in [7, 11) is 1.68. The molecule has 0 aliphatic heterocycles. The van der Waals surface area contributed by atoms with E-state index in [1.54, 1.807) is 7.11 Å². The maximum absolute atomic E-state index is 6.34. The number of nitrogens with two attached hydrogens (primary N) is 1. The van der Waals surface area contributed by atoms with E-state index in [0.29, 0.717) is 5.02 Å². The van der Waals surface area contributed by atoms with Crippen molar-refractivity contribution in [2.75, 3.05) is 7.11 Å². The lowest BCUT2D eigenvalue weighted by atomic mass is 9.74. The van der Waals surface area contributed by atoms with Crippen molar-refractivity contribution >= 4 is 11.6 Å². The lowest BCUT2D eigenvalue weighted by Crippen LogP contribution is -2.30. The Morgan fingerprint density at radius 3 is 2.81 bits per heavy atom. The number of fused-ring (bicyclic) bond motifs is 1. The Morgan fingerprint density at radius 2 is 2.10 bits per heavy atom. The molecule has 1 heterocycles. The van der Waals surface area contributed by atoms with Crippen molar-refractivity contribution in [1.29, 1.82) is 0 Å². The number of nitrogens with zero attached hydrogens (tertiary/aromatic N) is 1. The fraction of sp³-hybridized carbons (Fsp3) is 0.412. The third-order valence-corrected chi connectivity index (χ3v) is 4.48. The molecule has 3 rings (SSSR count). The average Bonchev–Trinajstić information content (AvgIpc) is 2.80. The van der Waals surface area contributed by atoms with Crippen LogP contribution in [-0.4, -0.2) is 11.7 Å². The maximum atomic E-state index is 6.34. The van der Waals surface area contributed by atoms with Gasteiger partial charge < -0.3 is 15.0 Å².